The maximum atomic E-state index is 14.4. The monoisotopic (exact) mass is 504 g/mol. The molecule has 11 heteroatoms. The van der Waals surface area contributed by atoms with Crippen molar-refractivity contribution in [1.29, 1.82) is 0 Å². The summed E-state index contributed by atoms with van der Waals surface area (Å²) in [5, 5.41) is 10.9. The number of rotatable bonds is 4. The number of fused-ring (bicyclic) bond motifs is 2. The molecule has 3 aromatic heterocycles. The van der Waals surface area contributed by atoms with Crippen LogP contribution >= 0.6 is 0 Å². The first-order valence-electron chi connectivity index (χ1n) is 12.1. The summed E-state index contributed by atoms with van der Waals surface area (Å²) in [7, 11) is 0. The van der Waals surface area contributed by atoms with Gasteiger partial charge >= 0.3 is 0 Å². The average Bonchev–Trinajstić information content (AvgIpc) is 3.22. The smallest absolute Gasteiger partial charge is 0.268 e. The third-order valence-electron chi connectivity index (χ3n) is 6.95. The number of carbonyl (C=O) groups excluding carboxylic acids is 1. The maximum Gasteiger partial charge on any atom is 0.268 e. The maximum absolute atomic E-state index is 14.4. The molecular weight excluding hydrogens is 479 g/mol. The van der Waals surface area contributed by atoms with Crippen LogP contribution in [0.1, 0.15) is 37.0 Å². The lowest BCUT2D eigenvalue weighted by Gasteiger charge is -2.33. The molecule has 0 unspecified atom stereocenters. The van der Waals surface area contributed by atoms with Gasteiger partial charge in [-0.1, -0.05) is 6.07 Å². The Balaban J connectivity index is 1.35. The Hall–Kier alpha value is -3.96. The summed E-state index contributed by atoms with van der Waals surface area (Å²) >= 11 is 0. The Bertz CT molecular complexity index is 1500. The summed E-state index contributed by atoms with van der Waals surface area (Å²) in [5.41, 5.74) is 2.63. The van der Waals surface area contributed by atoms with Crippen LogP contribution in [-0.2, 0) is 21.7 Å². The van der Waals surface area contributed by atoms with Crippen LogP contribution in [-0.4, -0.2) is 54.7 Å². The van der Waals surface area contributed by atoms with E-state index in [1.165, 1.54) is 11.0 Å². The van der Waals surface area contributed by atoms with E-state index in [0.29, 0.717) is 54.5 Å². The third-order valence-corrected chi connectivity index (χ3v) is 6.95. The van der Waals surface area contributed by atoms with Crippen LogP contribution in [0.3, 0.4) is 0 Å². The highest BCUT2D eigenvalue weighted by Crippen LogP contribution is 2.37. The lowest BCUT2D eigenvalue weighted by atomic mass is 9.93. The number of nitrogens with zero attached hydrogens (tertiary/aromatic N) is 6. The van der Waals surface area contributed by atoms with Crippen molar-refractivity contribution in [3.05, 3.63) is 66.0 Å². The topological polar surface area (TPSA) is 115 Å². The molecule has 1 saturated heterocycles. The van der Waals surface area contributed by atoms with Gasteiger partial charge in [0.1, 0.15) is 5.60 Å². The van der Waals surface area contributed by atoms with Crippen LogP contribution < -0.4 is 9.64 Å². The fraction of sp³-hybridized carbons (Fsp3) is 0.346. The number of halogens is 1. The number of hydrogen-bond acceptors (Lipinski definition) is 8. The van der Waals surface area contributed by atoms with E-state index in [1.54, 1.807) is 37.6 Å². The third kappa shape index (κ3) is 4.00. The minimum Gasteiger partial charge on any atom is -0.476 e. The molecular formula is C26H25FN6O4. The van der Waals surface area contributed by atoms with Gasteiger partial charge in [0.2, 0.25) is 0 Å². The predicted octanol–water partition coefficient (Wildman–Crippen LogP) is 2.95. The number of carbonyl (C=O) groups is 1. The van der Waals surface area contributed by atoms with Crippen molar-refractivity contribution in [2.24, 2.45) is 0 Å². The number of benzene rings is 1. The molecule has 37 heavy (non-hydrogen) atoms. The number of aryl methyl sites for hydroxylation is 1. The Morgan fingerprint density at radius 2 is 1.92 bits per heavy atom. The van der Waals surface area contributed by atoms with E-state index in [4.69, 9.17) is 9.47 Å². The van der Waals surface area contributed by atoms with Crippen LogP contribution in [0.4, 0.5) is 10.1 Å². The number of anilines is 1. The van der Waals surface area contributed by atoms with Crippen LogP contribution in [0.25, 0.3) is 16.9 Å². The van der Waals surface area contributed by atoms with Gasteiger partial charge in [-0.2, -0.15) is 0 Å². The van der Waals surface area contributed by atoms with E-state index >= 15 is 0 Å². The van der Waals surface area contributed by atoms with Crippen LogP contribution in [0.15, 0.2) is 43.0 Å². The first-order chi connectivity index (χ1) is 17.8. The van der Waals surface area contributed by atoms with E-state index in [9.17, 15) is 14.3 Å². The predicted molar refractivity (Wildman–Crippen MR) is 130 cm³/mol. The first kappa shape index (κ1) is 23.4. The van der Waals surface area contributed by atoms with Gasteiger partial charge in [0, 0.05) is 50.2 Å². The van der Waals surface area contributed by atoms with E-state index in [0.717, 1.165) is 11.4 Å². The molecule has 1 fully saturated rings. The molecule has 1 amide bonds. The second-order valence-electron chi connectivity index (χ2n) is 9.36. The van der Waals surface area contributed by atoms with E-state index in [1.807, 2.05) is 17.5 Å². The number of ether oxygens (including phenoxy) is 2. The molecule has 0 aliphatic carbocycles. The summed E-state index contributed by atoms with van der Waals surface area (Å²) in [4.78, 5) is 32.5. The first-order valence-corrected chi connectivity index (χ1v) is 12.1. The van der Waals surface area contributed by atoms with Crippen molar-refractivity contribution in [1.82, 2.24) is 24.3 Å². The number of amides is 1. The van der Waals surface area contributed by atoms with Crippen molar-refractivity contribution < 1.29 is 23.8 Å². The Morgan fingerprint density at radius 3 is 2.68 bits per heavy atom. The second kappa shape index (κ2) is 8.86. The van der Waals surface area contributed by atoms with Crippen molar-refractivity contribution >= 4 is 17.2 Å². The van der Waals surface area contributed by atoms with Gasteiger partial charge in [0.25, 0.3) is 5.91 Å². The normalized spacial score (nSPS) is 19.1. The second-order valence-corrected chi connectivity index (χ2v) is 9.36. The number of aromatic nitrogens is 5. The summed E-state index contributed by atoms with van der Waals surface area (Å²) in [6, 6.07) is 4.53. The summed E-state index contributed by atoms with van der Waals surface area (Å²) < 4.78 is 27.2. The molecule has 1 N–H and O–H groups in total. The number of imidazole rings is 1. The van der Waals surface area contributed by atoms with E-state index in [2.05, 4.69) is 19.9 Å². The largest absolute Gasteiger partial charge is 0.476 e. The standard InChI is InChI=1S/C26H25FN6O4/c1-15-21(14-33-20-5-3-4-18(27)23(20)37-16(2)24(33)34)32-13-19(28-12-22(32)31-15)17-10-29-25(30-11-17)26(35)6-8-36-9-7-26/h3-5,10-13,16,35H,6-9,14H2,1-2H3/t16-/m1/s1. The van der Waals surface area contributed by atoms with Crippen molar-refractivity contribution in [3.63, 3.8) is 0 Å². The van der Waals surface area contributed by atoms with Crippen molar-refractivity contribution in [2.75, 3.05) is 18.1 Å². The lowest BCUT2D eigenvalue weighted by Crippen LogP contribution is -2.44. The zero-order valence-corrected chi connectivity index (χ0v) is 20.4. The number of para-hydroxylation sites is 1. The summed E-state index contributed by atoms with van der Waals surface area (Å²) in [6.07, 6.45) is 6.80. The Morgan fingerprint density at radius 1 is 1.16 bits per heavy atom. The molecule has 4 aromatic rings. The molecule has 0 bridgehead atoms. The fourth-order valence-corrected chi connectivity index (χ4v) is 4.80. The van der Waals surface area contributed by atoms with Crippen LogP contribution in [0, 0.1) is 12.7 Å². The minimum atomic E-state index is -1.10. The van der Waals surface area contributed by atoms with Gasteiger partial charge in [0.05, 0.1) is 35.5 Å². The molecule has 6 rings (SSSR count). The highest BCUT2D eigenvalue weighted by Gasteiger charge is 2.35. The van der Waals surface area contributed by atoms with Crippen molar-refractivity contribution in [3.8, 4) is 17.0 Å². The molecule has 190 valence electrons. The van der Waals surface area contributed by atoms with Gasteiger partial charge in [0.15, 0.2) is 29.1 Å². The zero-order valence-electron chi connectivity index (χ0n) is 20.4. The quantitative estimate of drug-likeness (QED) is 0.451. The molecule has 1 atom stereocenters. The molecule has 0 radical (unpaired) electrons. The fourth-order valence-electron chi connectivity index (χ4n) is 4.80. The molecule has 5 heterocycles. The molecule has 1 aromatic carbocycles. The van der Waals surface area contributed by atoms with Gasteiger partial charge in [-0.15, -0.1) is 0 Å². The molecule has 10 nitrogen and oxygen atoms in total. The zero-order chi connectivity index (χ0) is 25.7. The van der Waals surface area contributed by atoms with Crippen LogP contribution in [0.2, 0.25) is 0 Å². The molecule has 2 aliphatic heterocycles. The van der Waals surface area contributed by atoms with Crippen molar-refractivity contribution in [2.45, 2.75) is 44.9 Å². The van der Waals surface area contributed by atoms with Gasteiger partial charge < -0.3 is 14.6 Å². The highest BCUT2D eigenvalue weighted by molar-refractivity contribution is 5.99. The van der Waals surface area contributed by atoms with Crippen LogP contribution in [0.5, 0.6) is 5.75 Å². The molecule has 0 spiro atoms. The summed E-state index contributed by atoms with van der Waals surface area (Å²) in [5.74, 6) is -0.355. The lowest BCUT2D eigenvalue weighted by molar-refractivity contribution is -0.125. The Kier molecular flexibility index (Phi) is 5.61. The SMILES string of the molecule is Cc1nc2cnc(-c3cnc(C4(O)CCOCC4)nc3)cn2c1CN1C(=O)[C@@H](C)Oc2c(F)cccc21. The Labute approximate surface area is 211 Å². The minimum absolute atomic E-state index is 0.0619. The van der Waals surface area contributed by atoms with E-state index < -0.39 is 17.5 Å². The van der Waals surface area contributed by atoms with E-state index in [-0.39, 0.29) is 18.2 Å². The number of hydrogen-bond donors (Lipinski definition) is 1. The van der Waals surface area contributed by atoms with Gasteiger partial charge in [-0.25, -0.2) is 19.3 Å². The molecule has 2 aliphatic rings. The highest BCUT2D eigenvalue weighted by atomic mass is 19.1. The van der Waals surface area contributed by atoms with Gasteiger partial charge in [-0.3, -0.25) is 19.1 Å². The molecule has 0 saturated carbocycles. The van der Waals surface area contributed by atoms with Gasteiger partial charge in [-0.05, 0) is 26.0 Å². The average molecular weight is 505 g/mol. The summed E-state index contributed by atoms with van der Waals surface area (Å²) in [6.45, 7) is 4.56. The number of aliphatic hydroxyl groups is 1.